The average molecular weight is 264 g/mol. The molecule has 1 heterocycles. The van der Waals surface area contributed by atoms with E-state index in [1.54, 1.807) is 0 Å². The van der Waals surface area contributed by atoms with Gasteiger partial charge < -0.3 is 10.2 Å². The molecule has 1 aromatic rings. The van der Waals surface area contributed by atoms with Gasteiger partial charge >= 0.3 is 0 Å². The maximum Gasteiger partial charge on any atom is 0.0539 e. The van der Waals surface area contributed by atoms with Gasteiger partial charge in [-0.3, -0.25) is 4.68 Å². The molecule has 0 aromatic carbocycles. The van der Waals surface area contributed by atoms with Crippen molar-refractivity contribution in [3.05, 3.63) is 17.5 Å². The van der Waals surface area contributed by atoms with Crippen molar-refractivity contribution in [2.45, 2.75) is 45.7 Å². The molecule has 1 N–H and O–H groups in total. The molecule has 1 aromatic heterocycles. The molecule has 19 heavy (non-hydrogen) atoms. The minimum Gasteiger partial charge on any atom is -0.312 e. The van der Waals surface area contributed by atoms with Gasteiger partial charge in [0.2, 0.25) is 0 Å². The molecule has 1 aliphatic carbocycles. The zero-order valence-electron chi connectivity index (χ0n) is 12.8. The van der Waals surface area contributed by atoms with Gasteiger partial charge in [0.25, 0.3) is 0 Å². The molecule has 0 amide bonds. The zero-order valence-corrected chi connectivity index (χ0v) is 12.8. The summed E-state index contributed by atoms with van der Waals surface area (Å²) in [5.74, 6) is 1.47. The van der Waals surface area contributed by atoms with Crippen LogP contribution in [0, 0.1) is 5.92 Å². The maximum atomic E-state index is 4.60. The fourth-order valence-electron chi connectivity index (χ4n) is 2.37. The molecular formula is C15H28N4. The Balaban J connectivity index is 1.98. The van der Waals surface area contributed by atoms with E-state index in [1.807, 2.05) is 0 Å². The van der Waals surface area contributed by atoms with E-state index in [-0.39, 0.29) is 0 Å². The normalized spacial score (nSPS) is 15.7. The Hall–Kier alpha value is -0.870. The highest BCUT2D eigenvalue weighted by Crippen LogP contribution is 2.41. The van der Waals surface area contributed by atoms with E-state index in [1.165, 1.54) is 24.1 Å². The fourth-order valence-corrected chi connectivity index (χ4v) is 2.37. The predicted octanol–water partition coefficient (Wildman–Crippen LogP) is 2.07. The SMILES string of the molecule is CC(C)CNCc1cnn(CCN(C)C)c1C1CC1. The Kier molecular flexibility index (Phi) is 4.99. The molecule has 1 fully saturated rings. The number of rotatable bonds is 8. The highest BCUT2D eigenvalue weighted by atomic mass is 15.3. The molecule has 0 radical (unpaired) electrons. The van der Waals surface area contributed by atoms with E-state index in [4.69, 9.17) is 0 Å². The van der Waals surface area contributed by atoms with Crippen LogP contribution < -0.4 is 5.32 Å². The van der Waals surface area contributed by atoms with Crippen molar-refractivity contribution in [3.8, 4) is 0 Å². The lowest BCUT2D eigenvalue weighted by atomic mass is 10.1. The van der Waals surface area contributed by atoms with Crippen LogP contribution in [0.3, 0.4) is 0 Å². The number of aromatic nitrogens is 2. The van der Waals surface area contributed by atoms with Crippen LogP contribution in [-0.4, -0.2) is 41.9 Å². The molecule has 0 unspecified atom stereocenters. The highest BCUT2D eigenvalue weighted by molar-refractivity contribution is 5.25. The van der Waals surface area contributed by atoms with Crippen LogP contribution in [0.15, 0.2) is 6.20 Å². The van der Waals surface area contributed by atoms with Crippen LogP contribution in [-0.2, 0) is 13.1 Å². The third-order valence-corrected chi connectivity index (χ3v) is 3.55. The first-order valence-corrected chi connectivity index (χ1v) is 7.48. The Morgan fingerprint density at radius 1 is 1.42 bits per heavy atom. The lowest BCUT2D eigenvalue weighted by Crippen LogP contribution is -2.21. The van der Waals surface area contributed by atoms with Crippen molar-refractivity contribution in [3.63, 3.8) is 0 Å². The average Bonchev–Trinajstić information content (AvgIpc) is 3.09. The van der Waals surface area contributed by atoms with Crippen LogP contribution in [0.25, 0.3) is 0 Å². The Morgan fingerprint density at radius 3 is 2.74 bits per heavy atom. The summed E-state index contributed by atoms with van der Waals surface area (Å²) >= 11 is 0. The predicted molar refractivity (Wildman–Crippen MR) is 79.3 cm³/mol. The van der Waals surface area contributed by atoms with Gasteiger partial charge in [-0.25, -0.2) is 0 Å². The largest absolute Gasteiger partial charge is 0.312 e. The van der Waals surface area contributed by atoms with Gasteiger partial charge in [-0.2, -0.15) is 5.10 Å². The quantitative estimate of drug-likeness (QED) is 0.780. The van der Waals surface area contributed by atoms with E-state index < -0.39 is 0 Å². The van der Waals surface area contributed by atoms with E-state index >= 15 is 0 Å². The Bertz CT molecular complexity index is 391. The second-order valence-corrected chi connectivity index (χ2v) is 6.38. The topological polar surface area (TPSA) is 33.1 Å². The highest BCUT2D eigenvalue weighted by Gasteiger charge is 2.29. The van der Waals surface area contributed by atoms with E-state index in [0.717, 1.165) is 32.1 Å². The van der Waals surface area contributed by atoms with Crippen LogP contribution in [0.2, 0.25) is 0 Å². The molecule has 108 valence electrons. The summed E-state index contributed by atoms with van der Waals surface area (Å²) < 4.78 is 2.23. The van der Waals surface area contributed by atoms with Gasteiger partial charge in [0, 0.05) is 30.3 Å². The molecule has 1 aliphatic rings. The summed E-state index contributed by atoms with van der Waals surface area (Å²) in [6, 6.07) is 0. The monoisotopic (exact) mass is 264 g/mol. The first-order chi connectivity index (χ1) is 9.08. The van der Waals surface area contributed by atoms with Gasteiger partial charge in [-0.1, -0.05) is 13.8 Å². The van der Waals surface area contributed by atoms with E-state index in [0.29, 0.717) is 5.92 Å². The minimum atomic E-state index is 0.702. The number of likely N-dealkylation sites (N-methyl/N-ethyl adjacent to an activating group) is 1. The lowest BCUT2D eigenvalue weighted by molar-refractivity contribution is 0.369. The Morgan fingerprint density at radius 2 is 2.16 bits per heavy atom. The lowest BCUT2D eigenvalue weighted by Gasteiger charge is -2.13. The number of hydrogen-bond acceptors (Lipinski definition) is 3. The van der Waals surface area contributed by atoms with Gasteiger partial charge in [0.1, 0.15) is 0 Å². The molecule has 0 saturated heterocycles. The molecule has 0 bridgehead atoms. The summed E-state index contributed by atoms with van der Waals surface area (Å²) in [5, 5.41) is 8.14. The smallest absolute Gasteiger partial charge is 0.0539 e. The van der Waals surface area contributed by atoms with Crippen molar-refractivity contribution >= 4 is 0 Å². The number of nitrogens with one attached hydrogen (secondary N) is 1. The summed E-state index contributed by atoms with van der Waals surface area (Å²) in [6.07, 6.45) is 4.74. The summed E-state index contributed by atoms with van der Waals surface area (Å²) in [5.41, 5.74) is 2.89. The first-order valence-electron chi connectivity index (χ1n) is 7.48. The second kappa shape index (κ2) is 6.53. The van der Waals surface area contributed by atoms with E-state index in [2.05, 4.69) is 54.1 Å². The van der Waals surface area contributed by atoms with Crippen molar-refractivity contribution < 1.29 is 0 Å². The first kappa shape index (κ1) is 14.5. The molecule has 0 atom stereocenters. The van der Waals surface area contributed by atoms with Gasteiger partial charge in [0.05, 0.1) is 12.7 Å². The van der Waals surface area contributed by atoms with Crippen molar-refractivity contribution in [1.29, 1.82) is 0 Å². The number of hydrogen-bond donors (Lipinski definition) is 1. The molecule has 4 heteroatoms. The van der Waals surface area contributed by atoms with Crippen molar-refractivity contribution in [2.24, 2.45) is 5.92 Å². The third kappa shape index (κ3) is 4.32. The maximum absolute atomic E-state index is 4.60. The van der Waals surface area contributed by atoms with Crippen LogP contribution >= 0.6 is 0 Å². The Labute approximate surface area is 117 Å². The molecular weight excluding hydrogens is 236 g/mol. The molecule has 0 spiro atoms. The second-order valence-electron chi connectivity index (χ2n) is 6.38. The summed E-state index contributed by atoms with van der Waals surface area (Å²) in [6.45, 7) is 8.59. The molecule has 2 rings (SSSR count). The van der Waals surface area contributed by atoms with Crippen molar-refractivity contribution in [1.82, 2.24) is 20.0 Å². The summed E-state index contributed by atoms with van der Waals surface area (Å²) in [4.78, 5) is 2.22. The summed E-state index contributed by atoms with van der Waals surface area (Å²) in [7, 11) is 4.23. The fraction of sp³-hybridized carbons (Fsp3) is 0.800. The molecule has 4 nitrogen and oxygen atoms in total. The van der Waals surface area contributed by atoms with Crippen LogP contribution in [0.1, 0.15) is 43.9 Å². The van der Waals surface area contributed by atoms with Gasteiger partial charge in [-0.05, 0) is 39.4 Å². The molecule has 1 saturated carbocycles. The van der Waals surface area contributed by atoms with Crippen LogP contribution in [0.4, 0.5) is 0 Å². The van der Waals surface area contributed by atoms with Crippen molar-refractivity contribution in [2.75, 3.05) is 27.2 Å². The molecule has 0 aliphatic heterocycles. The number of nitrogens with zero attached hydrogens (tertiary/aromatic N) is 3. The van der Waals surface area contributed by atoms with Gasteiger partial charge in [-0.15, -0.1) is 0 Å². The minimum absolute atomic E-state index is 0.702. The van der Waals surface area contributed by atoms with Gasteiger partial charge in [0.15, 0.2) is 0 Å². The zero-order chi connectivity index (χ0) is 13.8. The third-order valence-electron chi connectivity index (χ3n) is 3.55. The standard InChI is InChI=1S/C15H28N4/c1-12(2)9-16-10-14-11-17-19(8-7-18(3)4)15(14)13-5-6-13/h11-13,16H,5-10H2,1-4H3. The van der Waals surface area contributed by atoms with Crippen LogP contribution in [0.5, 0.6) is 0 Å². The van der Waals surface area contributed by atoms with E-state index in [9.17, 15) is 0 Å².